The maximum atomic E-state index is 11.9. The fraction of sp³-hybridized carbons (Fsp3) is 0.833. The van der Waals surface area contributed by atoms with Crippen molar-refractivity contribution < 1.29 is 19.8 Å². The SMILES string of the molecule is CCCCN(CCO)C(=O)NC(C(=O)O)C(C)C. The maximum Gasteiger partial charge on any atom is 0.326 e. The number of nitrogens with one attached hydrogen (secondary N) is 1. The highest BCUT2D eigenvalue weighted by Crippen LogP contribution is 2.04. The van der Waals surface area contributed by atoms with Crippen LogP contribution < -0.4 is 5.32 Å². The lowest BCUT2D eigenvalue weighted by Crippen LogP contribution is -2.51. The monoisotopic (exact) mass is 260 g/mol. The van der Waals surface area contributed by atoms with Crippen LogP contribution in [-0.4, -0.2) is 52.9 Å². The topological polar surface area (TPSA) is 89.9 Å². The number of aliphatic hydroxyl groups is 1. The lowest BCUT2D eigenvalue weighted by atomic mass is 10.1. The fourth-order valence-corrected chi connectivity index (χ4v) is 1.52. The van der Waals surface area contributed by atoms with Crippen LogP contribution in [0.4, 0.5) is 4.79 Å². The molecular weight excluding hydrogens is 236 g/mol. The number of carboxylic acids is 1. The number of hydrogen-bond acceptors (Lipinski definition) is 3. The van der Waals surface area contributed by atoms with E-state index < -0.39 is 18.0 Å². The molecule has 0 heterocycles. The molecule has 1 atom stereocenters. The van der Waals surface area contributed by atoms with Gasteiger partial charge >= 0.3 is 12.0 Å². The van der Waals surface area contributed by atoms with Crippen molar-refractivity contribution in [3.8, 4) is 0 Å². The van der Waals surface area contributed by atoms with Crippen molar-refractivity contribution in [2.45, 2.75) is 39.7 Å². The lowest BCUT2D eigenvalue weighted by molar-refractivity contribution is -0.140. The highest BCUT2D eigenvalue weighted by atomic mass is 16.4. The van der Waals surface area contributed by atoms with E-state index >= 15 is 0 Å². The van der Waals surface area contributed by atoms with Gasteiger partial charge in [-0.1, -0.05) is 27.2 Å². The molecule has 0 aliphatic carbocycles. The maximum absolute atomic E-state index is 11.9. The van der Waals surface area contributed by atoms with E-state index in [4.69, 9.17) is 10.2 Å². The zero-order valence-corrected chi connectivity index (χ0v) is 11.3. The Kier molecular flexibility index (Phi) is 8.11. The number of hydrogen-bond donors (Lipinski definition) is 3. The van der Waals surface area contributed by atoms with Gasteiger partial charge in [-0.05, 0) is 12.3 Å². The van der Waals surface area contributed by atoms with Gasteiger partial charge in [-0.2, -0.15) is 0 Å². The molecule has 3 N–H and O–H groups in total. The van der Waals surface area contributed by atoms with Gasteiger partial charge < -0.3 is 20.4 Å². The summed E-state index contributed by atoms with van der Waals surface area (Å²) in [6.07, 6.45) is 1.76. The highest BCUT2D eigenvalue weighted by molar-refractivity contribution is 5.82. The molecule has 6 nitrogen and oxygen atoms in total. The quantitative estimate of drug-likeness (QED) is 0.605. The van der Waals surface area contributed by atoms with Crippen molar-refractivity contribution in [2.24, 2.45) is 5.92 Å². The van der Waals surface area contributed by atoms with Crippen LogP contribution in [0, 0.1) is 5.92 Å². The standard InChI is InChI=1S/C12H24N2O4/c1-4-5-6-14(7-8-15)12(18)13-10(9(2)3)11(16)17/h9-10,15H,4-8H2,1-3H3,(H,13,18)(H,16,17). The lowest BCUT2D eigenvalue weighted by Gasteiger charge is -2.25. The molecule has 106 valence electrons. The van der Waals surface area contributed by atoms with Crippen molar-refractivity contribution >= 4 is 12.0 Å². The van der Waals surface area contributed by atoms with Gasteiger partial charge in [0, 0.05) is 13.1 Å². The first-order chi connectivity index (χ1) is 8.43. The number of carboxylic acid groups (broad SMARTS) is 1. The number of rotatable bonds is 8. The molecule has 0 aliphatic rings. The highest BCUT2D eigenvalue weighted by Gasteiger charge is 2.25. The van der Waals surface area contributed by atoms with Gasteiger partial charge in [0.1, 0.15) is 6.04 Å². The van der Waals surface area contributed by atoms with Gasteiger partial charge in [0.05, 0.1) is 6.61 Å². The third-order valence-corrected chi connectivity index (χ3v) is 2.65. The third-order valence-electron chi connectivity index (χ3n) is 2.65. The smallest absolute Gasteiger partial charge is 0.326 e. The summed E-state index contributed by atoms with van der Waals surface area (Å²) < 4.78 is 0. The largest absolute Gasteiger partial charge is 0.480 e. The molecule has 0 saturated heterocycles. The summed E-state index contributed by atoms with van der Waals surface area (Å²) in [6.45, 7) is 6.09. The van der Waals surface area contributed by atoms with Crippen LogP contribution >= 0.6 is 0 Å². The number of aliphatic carboxylic acids is 1. The predicted molar refractivity (Wildman–Crippen MR) is 68.4 cm³/mol. The van der Waals surface area contributed by atoms with Crippen LogP contribution in [0.3, 0.4) is 0 Å². The van der Waals surface area contributed by atoms with Crippen LogP contribution in [0.15, 0.2) is 0 Å². The Bertz CT molecular complexity index is 269. The average molecular weight is 260 g/mol. The van der Waals surface area contributed by atoms with Gasteiger partial charge in [-0.15, -0.1) is 0 Å². The first kappa shape index (κ1) is 16.7. The number of carbonyl (C=O) groups excluding carboxylic acids is 1. The minimum Gasteiger partial charge on any atom is -0.480 e. The van der Waals surface area contributed by atoms with Crippen LogP contribution in [0.5, 0.6) is 0 Å². The fourth-order valence-electron chi connectivity index (χ4n) is 1.52. The second-order valence-corrected chi connectivity index (χ2v) is 4.57. The number of urea groups is 1. The minimum atomic E-state index is -1.04. The Morgan fingerprint density at radius 2 is 1.89 bits per heavy atom. The first-order valence-electron chi connectivity index (χ1n) is 6.33. The van der Waals surface area contributed by atoms with E-state index in [9.17, 15) is 9.59 Å². The van der Waals surface area contributed by atoms with E-state index in [1.807, 2.05) is 6.92 Å². The zero-order chi connectivity index (χ0) is 14.1. The van der Waals surface area contributed by atoms with Crippen LogP contribution in [0.25, 0.3) is 0 Å². The van der Waals surface area contributed by atoms with Gasteiger partial charge in [0.2, 0.25) is 0 Å². The predicted octanol–water partition coefficient (Wildman–Crippen LogP) is 0.900. The molecule has 0 radical (unpaired) electrons. The summed E-state index contributed by atoms with van der Waals surface area (Å²) >= 11 is 0. The van der Waals surface area contributed by atoms with Gasteiger partial charge in [-0.25, -0.2) is 9.59 Å². The van der Waals surface area contributed by atoms with Crippen molar-refractivity contribution in [3.63, 3.8) is 0 Å². The summed E-state index contributed by atoms with van der Waals surface area (Å²) in [5, 5.41) is 20.4. The molecule has 0 bridgehead atoms. The summed E-state index contributed by atoms with van der Waals surface area (Å²) in [5.41, 5.74) is 0. The van der Waals surface area contributed by atoms with Crippen molar-refractivity contribution in [1.82, 2.24) is 10.2 Å². The van der Waals surface area contributed by atoms with Gasteiger partial charge in [0.15, 0.2) is 0 Å². The second-order valence-electron chi connectivity index (χ2n) is 4.57. The van der Waals surface area contributed by atoms with E-state index in [0.29, 0.717) is 6.54 Å². The normalized spacial score (nSPS) is 12.3. The van der Waals surface area contributed by atoms with Crippen molar-refractivity contribution in [3.05, 3.63) is 0 Å². The summed E-state index contributed by atoms with van der Waals surface area (Å²) in [6, 6.07) is -1.33. The van der Waals surface area contributed by atoms with Crippen molar-refractivity contribution in [1.29, 1.82) is 0 Å². The second kappa shape index (κ2) is 8.74. The molecule has 18 heavy (non-hydrogen) atoms. The van der Waals surface area contributed by atoms with E-state index in [0.717, 1.165) is 12.8 Å². The van der Waals surface area contributed by atoms with Crippen LogP contribution in [-0.2, 0) is 4.79 Å². The summed E-state index contributed by atoms with van der Waals surface area (Å²) in [7, 11) is 0. The van der Waals surface area contributed by atoms with E-state index in [2.05, 4.69) is 5.32 Å². The molecule has 0 aromatic heterocycles. The summed E-state index contributed by atoms with van der Waals surface area (Å²) in [5.74, 6) is -1.23. The third kappa shape index (κ3) is 5.86. The Hall–Kier alpha value is -1.30. The van der Waals surface area contributed by atoms with Crippen LogP contribution in [0.2, 0.25) is 0 Å². The molecule has 0 aliphatic heterocycles. The van der Waals surface area contributed by atoms with E-state index in [1.165, 1.54) is 4.90 Å². The Morgan fingerprint density at radius 3 is 2.28 bits per heavy atom. The molecule has 6 heteroatoms. The number of aliphatic hydroxyl groups excluding tert-OH is 1. The average Bonchev–Trinajstić information content (AvgIpc) is 2.30. The number of nitrogens with zero attached hydrogens (tertiary/aromatic N) is 1. The Labute approximate surface area is 108 Å². The van der Waals surface area contributed by atoms with Crippen LogP contribution in [0.1, 0.15) is 33.6 Å². The Morgan fingerprint density at radius 1 is 1.28 bits per heavy atom. The number of amides is 2. The summed E-state index contributed by atoms with van der Waals surface area (Å²) in [4.78, 5) is 24.3. The molecular formula is C12H24N2O4. The molecule has 1 unspecified atom stereocenters. The van der Waals surface area contributed by atoms with Gasteiger partial charge in [0.25, 0.3) is 0 Å². The first-order valence-corrected chi connectivity index (χ1v) is 6.33. The number of carbonyl (C=O) groups is 2. The zero-order valence-electron chi connectivity index (χ0n) is 11.3. The number of unbranched alkanes of at least 4 members (excludes halogenated alkanes) is 1. The van der Waals surface area contributed by atoms with E-state index in [1.54, 1.807) is 13.8 Å². The molecule has 2 amide bonds. The van der Waals surface area contributed by atoms with Crippen molar-refractivity contribution in [2.75, 3.05) is 19.7 Å². The molecule has 0 saturated carbocycles. The molecule has 0 fully saturated rings. The van der Waals surface area contributed by atoms with E-state index in [-0.39, 0.29) is 19.1 Å². The molecule has 0 spiro atoms. The molecule has 0 aromatic rings. The molecule has 0 aromatic carbocycles. The Balaban J connectivity index is 4.50. The molecule has 0 rings (SSSR count). The van der Waals surface area contributed by atoms with Gasteiger partial charge in [-0.3, -0.25) is 0 Å². The minimum absolute atomic E-state index is 0.128.